The Balaban J connectivity index is 1.79. The van der Waals surface area contributed by atoms with Gasteiger partial charge in [0.25, 0.3) is 11.8 Å². The Kier molecular flexibility index (Phi) is 3.54. The van der Waals surface area contributed by atoms with Crippen LogP contribution in [-0.4, -0.2) is 30.1 Å². The summed E-state index contributed by atoms with van der Waals surface area (Å²) < 4.78 is 5.26. The van der Waals surface area contributed by atoms with E-state index < -0.39 is 11.8 Å². The maximum Gasteiger partial charge on any atom is 0.282 e. The van der Waals surface area contributed by atoms with E-state index in [0.717, 1.165) is 10.4 Å². The molecule has 0 saturated carbocycles. The van der Waals surface area contributed by atoms with Crippen LogP contribution >= 0.6 is 0 Å². The Bertz CT molecular complexity index is 989. The molecule has 5 heteroatoms. The van der Waals surface area contributed by atoms with Crippen LogP contribution in [0.3, 0.4) is 0 Å². The Labute approximate surface area is 144 Å². The second kappa shape index (κ2) is 5.87. The molecular formula is C20H14N2O3. The number of rotatable bonds is 3. The normalized spacial score (nSPS) is 13.7. The zero-order chi connectivity index (χ0) is 17.4. The van der Waals surface area contributed by atoms with Gasteiger partial charge in [0.1, 0.15) is 5.75 Å². The first-order chi connectivity index (χ1) is 12.2. The van der Waals surface area contributed by atoms with Crippen LogP contribution in [0.25, 0.3) is 10.8 Å². The molecule has 25 heavy (non-hydrogen) atoms. The van der Waals surface area contributed by atoms with Gasteiger partial charge in [0.15, 0.2) is 0 Å². The molecule has 1 aliphatic heterocycles. The summed E-state index contributed by atoms with van der Waals surface area (Å²) in [6.07, 6.45) is 1.46. The van der Waals surface area contributed by atoms with Crippen LogP contribution in [-0.2, 0) is 0 Å². The monoisotopic (exact) mass is 330 g/mol. The van der Waals surface area contributed by atoms with Gasteiger partial charge >= 0.3 is 0 Å². The van der Waals surface area contributed by atoms with Gasteiger partial charge in [-0.2, -0.15) is 10.1 Å². The van der Waals surface area contributed by atoms with E-state index in [1.807, 2.05) is 24.3 Å². The summed E-state index contributed by atoms with van der Waals surface area (Å²) in [5, 5.41) is 6.60. The third kappa shape index (κ3) is 2.37. The molecule has 3 aromatic rings. The molecule has 0 N–H and O–H groups in total. The predicted octanol–water partition coefficient (Wildman–Crippen LogP) is 3.48. The van der Waals surface area contributed by atoms with Crippen molar-refractivity contribution in [2.75, 3.05) is 7.11 Å². The SMILES string of the molecule is COc1ccccc1C=NN1C(=O)c2cccc3cccc(c23)C1=O. The van der Waals surface area contributed by atoms with E-state index in [9.17, 15) is 9.59 Å². The van der Waals surface area contributed by atoms with Crippen molar-refractivity contribution in [3.8, 4) is 5.75 Å². The van der Waals surface area contributed by atoms with Crippen LogP contribution in [0.1, 0.15) is 26.3 Å². The topological polar surface area (TPSA) is 59.0 Å². The van der Waals surface area contributed by atoms with E-state index in [1.165, 1.54) is 6.21 Å². The van der Waals surface area contributed by atoms with Crippen LogP contribution in [0.15, 0.2) is 65.8 Å². The van der Waals surface area contributed by atoms with Gasteiger partial charge in [-0.1, -0.05) is 36.4 Å². The van der Waals surface area contributed by atoms with Gasteiger partial charge in [-0.15, -0.1) is 0 Å². The van der Waals surface area contributed by atoms with Crippen LogP contribution in [0, 0.1) is 0 Å². The quantitative estimate of drug-likeness (QED) is 0.546. The summed E-state index contributed by atoms with van der Waals surface area (Å²) >= 11 is 0. The smallest absolute Gasteiger partial charge is 0.282 e. The van der Waals surface area contributed by atoms with Crippen molar-refractivity contribution in [3.05, 3.63) is 77.4 Å². The second-order valence-electron chi connectivity index (χ2n) is 5.62. The number of nitrogens with zero attached hydrogens (tertiary/aromatic N) is 2. The number of amides is 2. The zero-order valence-corrected chi connectivity index (χ0v) is 13.5. The molecule has 4 rings (SSSR count). The molecule has 3 aromatic carbocycles. The van der Waals surface area contributed by atoms with E-state index in [1.54, 1.807) is 43.5 Å². The fourth-order valence-corrected chi connectivity index (χ4v) is 3.02. The van der Waals surface area contributed by atoms with Gasteiger partial charge in [0.2, 0.25) is 0 Å². The Hall–Kier alpha value is -3.47. The number of ether oxygens (including phenoxy) is 1. The number of carbonyl (C=O) groups is 2. The highest BCUT2D eigenvalue weighted by atomic mass is 16.5. The number of methoxy groups -OCH3 is 1. The van der Waals surface area contributed by atoms with Crippen molar-refractivity contribution in [2.24, 2.45) is 5.10 Å². The number of benzene rings is 3. The highest BCUT2D eigenvalue weighted by molar-refractivity contribution is 6.25. The lowest BCUT2D eigenvalue weighted by atomic mass is 9.95. The molecule has 2 amide bonds. The highest BCUT2D eigenvalue weighted by Crippen LogP contribution is 2.30. The second-order valence-corrected chi connectivity index (χ2v) is 5.62. The molecule has 0 aromatic heterocycles. The Morgan fingerprint density at radius 3 is 2.16 bits per heavy atom. The number of para-hydroxylation sites is 1. The summed E-state index contributed by atoms with van der Waals surface area (Å²) in [5.41, 5.74) is 1.64. The Morgan fingerprint density at radius 1 is 0.880 bits per heavy atom. The fraction of sp³-hybridized carbons (Fsp3) is 0.0500. The summed E-state index contributed by atoms with van der Waals surface area (Å²) in [6, 6.07) is 18.1. The van der Waals surface area contributed by atoms with Gasteiger partial charge in [0.05, 0.1) is 24.5 Å². The number of hydrogen-bond acceptors (Lipinski definition) is 4. The minimum atomic E-state index is -0.430. The van der Waals surface area contributed by atoms with E-state index in [0.29, 0.717) is 27.8 Å². The van der Waals surface area contributed by atoms with Crippen LogP contribution in [0.4, 0.5) is 0 Å². The van der Waals surface area contributed by atoms with Crippen LogP contribution in [0.2, 0.25) is 0 Å². The molecule has 0 radical (unpaired) electrons. The molecule has 122 valence electrons. The maximum atomic E-state index is 12.7. The van der Waals surface area contributed by atoms with Gasteiger partial charge in [-0.3, -0.25) is 9.59 Å². The lowest BCUT2D eigenvalue weighted by molar-refractivity contribution is 0.0616. The van der Waals surface area contributed by atoms with Crippen molar-refractivity contribution in [2.45, 2.75) is 0 Å². The molecule has 0 bridgehead atoms. The predicted molar refractivity (Wildman–Crippen MR) is 95.0 cm³/mol. The molecule has 0 unspecified atom stereocenters. The van der Waals surface area contributed by atoms with E-state index in [-0.39, 0.29) is 0 Å². The molecular weight excluding hydrogens is 316 g/mol. The van der Waals surface area contributed by atoms with Crippen molar-refractivity contribution in [3.63, 3.8) is 0 Å². The summed E-state index contributed by atoms with van der Waals surface area (Å²) in [4.78, 5) is 25.5. The molecule has 0 saturated heterocycles. The lowest BCUT2D eigenvalue weighted by Gasteiger charge is -2.23. The van der Waals surface area contributed by atoms with Gasteiger partial charge < -0.3 is 4.74 Å². The highest BCUT2D eigenvalue weighted by Gasteiger charge is 2.32. The van der Waals surface area contributed by atoms with Crippen molar-refractivity contribution in [1.29, 1.82) is 0 Å². The Morgan fingerprint density at radius 2 is 1.52 bits per heavy atom. The molecule has 0 aliphatic carbocycles. The molecule has 0 fully saturated rings. The van der Waals surface area contributed by atoms with E-state index in [2.05, 4.69) is 5.10 Å². The summed E-state index contributed by atoms with van der Waals surface area (Å²) in [5.74, 6) is -0.244. The molecule has 0 spiro atoms. The number of hydrogen-bond donors (Lipinski definition) is 0. The van der Waals surface area contributed by atoms with Crippen molar-refractivity contribution in [1.82, 2.24) is 5.01 Å². The average Bonchev–Trinajstić information content (AvgIpc) is 2.66. The minimum Gasteiger partial charge on any atom is -0.496 e. The van der Waals surface area contributed by atoms with Gasteiger partial charge in [0, 0.05) is 10.9 Å². The number of hydrazone groups is 1. The first kappa shape index (κ1) is 15.1. The molecule has 0 atom stereocenters. The van der Waals surface area contributed by atoms with Crippen molar-refractivity contribution < 1.29 is 14.3 Å². The van der Waals surface area contributed by atoms with Gasteiger partial charge in [-0.05, 0) is 29.7 Å². The molecule has 5 nitrogen and oxygen atoms in total. The molecule has 1 heterocycles. The van der Waals surface area contributed by atoms with Crippen LogP contribution < -0.4 is 4.74 Å². The third-order valence-corrected chi connectivity index (χ3v) is 4.20. The van der Waals surface area contributed by atoms with Crippen molar-refractivity contribution >= 4 is 28.8 Å². The average molecular weight is 330 g/mol. The minimum absolute atomic E-state index is 0.430. The standard InChI is InChI=1S/C20H14N2O3/c1-25-17-11-3-2-6-14(17)12-21-22-19(23)15-9-4-7-13-8-5-10-16(18(13)15)20(22)24/h2-12H,1H3. The fourth-order valence-electron chi connectivity index (χ4n) is 3.02. The number of imide groups is 1. The maximum absolute atomic E-state index is 12.7. The lowest BCUT2D eigenvalue weighted by Crippen LogP contribution is -2.36. The first-order valence-corrected chi connectivity index (χ1v) is 7.78. The number of carbonyl (C=O) groups excluding carboxylic acids is 2. The largest absolute Gasteiger partial charge is 0.496 e. The summed E-state index contributed by atoms with van der Waals surface area (Å²) in [6.45, 7) is 0. The van der Waals surface area contributed by atoms with E-state index in [4.69, 9.17) is 4.74 Å². The third-order valence-electron chi connectivity index (χ3n) is 4.20. The van der Waals surface area contributed by atoms with Gasteiger partial charge in [-0.25, -0.2) is 0 Å². The van der Waals surface area contributed by atoms with Crippen LogP contribution in [0.5, 0.6) is 5.75 Å². The molecule has 1 aliphatic rings. The first-order valence-electron chi connectivity index (χ1n) is 7.78. The zero-order valence-electron chi connectivity index (χ0n) is 13.5. The van der Waals surface area contributed by atoms with E-state index >= 15 is 0 Å². The summed E-state index contributed by atoms with van der Waals surface area (Å²) in [7, 11) is 1.56.